The number of aliphatic carboxylic acids is 1. The Balaban J connectivity index is 1.99. The zero-order chi connectivity index (χ0) is 15.2. The van der Waals surface area contributed by atoms with Crippen LogP contribution in [0.5, 0.6) is 0 Å². The van der Waals surface area contributed by atoms with Gasteiger partial charge in [0.2, 0.25) is 5.91 Å². The molecule has 0 saturated carbocycles. The highest BCUT2D eigenvalue weighted by molar-refractivity contribution is 6.30. The Morgan fingerprint density at radius 1 is 1.38 bits per heavy atom. The number of hydrogen-bond donors (Lipinski definition) is 2. The number of carbonyl (C=O) groups is 2. The molecule has 114 valence electrons. The third kappa shape index (κ3) is 5.02. The van der Waals surface area contributed by atoms with Crippen LogP contribution < -0.4 is 5.32 Å². The molecule has 1 aliphatic rings. The van der Waals surface area contributed by atoms with E-state index in [1.54, 1.807) is 24.3 Å². The second kappa shape index (κ2) is 7.43. The second-order valence-electron chi connectivity index (χ2n) is 5.11. The molecule has 2 rings (SSSR count). The summed E-state index contributed by atoms with van der Waals surface area (Å²) in [5, 5.41) is 12.3. The van der Waals surface area contributed by atoms with Crippen molar-refractivity contribution in [1.82, 2.24) is 5.32 Å². The lowest BCUT2D eigenvalue weighted by molar-refractivity contribution is -0.137. The van der Waals surface area contributed by atoms with E-state index in [-0.39, 0.29) is 24.9 Å². The summed E-state index contributed by atoms with van der Waals surface area (Å²) in [6.07, 6.45) is 1.88. The largest absolute Gasteiger partial charge is 0.481 e. The fourth-order valence-corrected chi connectivity index (χ4v) is 2.51. The van der Waals surface area contributed by atoms with Crippen molar-refractivity contribution in [3.8, 4) is 0 Å². The van der Waals surface area contributed by atoms with Crippen molar-refractivity contribution in [1.29, 1.82) is 0 Å². The van der Waals surface area contributed by atoms with Crippen molar-refractivity contribution in [2.24, 2.45) is 0 Å². The normalized spacial score (nSPS) is 19.2. The van der Waals surface area contributed by atoms with Crippen molar-refractivity contribution in [2.75, 3.05) is 6.61 Å². The molecule has 1 aromatic rings. The molecule has 1 aromatic carbocycles. The number of amides is 1. The Hall–Kier alpha value is -1.59. The summed E-state index contributed by atoms with van der Waals surface area (Å²) in [7, 11) is 0. The molecule has 0 spiro atoms. The number of ether oxygens (including phenoxy) is 1. The van der Waals surface area contributed by atoms with Crippen molar-refractivity contribution in [2.45, 2.75) is 37.8 Å². The van der Waals surface area contributed by atoms with E-state index in [1.807, 2.05) is 0 Å². The van der Waals surface area contributed by atoms with Gasteiger partial charge in [0.1, 0.15) is 0 Å². The molecule has 0 aliphatic carbocycles. The smallest absolute Gasteiger partial charge is 0.305 e. The summed E-state index contributed by atoms with van der Waals surface area (Å²) < 4.78 is 5.41. The van der Waals surface area contributed by atoms with Crippen LogP contribution >= 0.6 is 11.6 Å². The van der Waals surface area contributed by atoms with E-state index in [2.05, 4.69) is 5.32 Å². The monoisotopic (exact) mass is 311 g/mol. The zero-order valence-electron chi connectivity index (χ0n) is 11.5. The molecule has 0 bridgehead atoms. The fraction of sp³-hybridized carbons (Fsp3) is 0.467. The van der Waals surface area contributed by atoms with Gasteiger partial charge in [-0.15, -0.1) is 0 Å². The summed E-state index contributed by atoms with van der Waals surface area (Å²) in [6.45, 7) is 0.688. The maximum absolute atomic E-state index is 12.0. The van der Waals surface area contributed by atoms with E-state index in [4.69, 9.17) is 21.4 Å². The molecule has 5 nitrogen and oxygen atoms in total. The van der Waals surface area contributed by atoms with Crippen LogP contribution in [-0.4, -0.2) is 29.7 Å². The molecule has 0 aromatic heterocycles. The summed E-state index contributed by atoms with van der Waals surface area (Å²) in [5.74, 6) is -1.16. The Labute approximate surface area is 128 Å². The van der Waals surface area contributed by atoms with Crippen molar-refractivity contribution in [3.63, 3.8) is 0 Å². The molecular formula is C15H18ClNO4. The van der Waals surface area contributed by atoms with E-state index in [1.165, 1.54) is 0 Å². The van der Waals surface area contributed by atoms with Gasteiger partial charge in [0.05, 0.1) is 25.0 Å². The first-order valence-electron chi connectivity index (χ1n) is 6.93. The highest BCUT2D eigenvalue weighted by Crippen LogP contribution is 2.21. The zero-order valence-corrected chi connectivity index (χ0v) is 12.3. The number of benzene rings is 1. The van der Waals surface area contributed by atoms with E-state index >= 15 is 0 Å². The topological polar surface area (TPSA) is 75.6 Å². The van der Waals surface area contributed by atoms with E-state index in [0.717, 1.165) is 18.4 Å². The van der Waals surface area contributed by atoms with E-state index in [9.17, 15) is 9.59 Å². The second-order valence-corrected chi connectivity index (χ2v) is 5.55. The number of carbonyl (C=O) groups excluding carboxylic acids is 1. The number of rotatable bonds is 6. The number of carboxylic acid groups (broad SMARTS) is 1. The predicted octanol–water partition coefficient (Wildman–Crippen LogP) is 2.54. The van der Waals surface area contributed by atoms with Gasteiger partial charge in [-0.25, -0.2) is 0 Å². The highest BCUT2D eigenvalue weighted by Gasteiger charge is 2.22. The minimum absolute atomic E-state index is 0.0549. The van der Waals surface area contributed by atoms with Crippen LogP contribution in [0, 0.1) is 0 Å². The molecular weight excluding hydrogens is 294 g/mol. The molecule has 2 atom stereocenters. The number of halogens is 1. The van der Waals surface area contributed by atoms with Crippen molar-refractivity contribution < 1.29 is 19.4 Å². The predicted molar refractivity (Wildman–Crippen MR) is 78.2 cm³/mol. The van der Waals surface area contributed by atoms with Crippen molar-refractivity contribution >= 4 is 23.5 Å². The molecule has 1 fully saturated rings. The third-order valence-corrected chi connectivity index (χ3v) is 3.68. The first-order valence-corrected chi connectivity index (χ1v) is 7.30. The average Bonchev–Trinajstić information content (AvgIpc) is 2.91. The summed E-state index contributed by atoms with van der Waals surface area (Å²) in [6, 6.07) is 6.24. The molecule has 1 amide bonds. The lowest BCUT2D eigenvalue weighted by Gasteiger charge is -2.18. The van der Waals surface area contributed by atoms with Gasteiger partial charge in [0, 0.05) is 11.6 Å². The first-order chi connectivity index (χ1) is 10.0. The maximum Gasteiger partial charge on any atom is 0.305 e. The van der Waals surface area contributed by atoms with Gasteiger partial charge in [-0.3, -0.25) is 9.59 Å². The summed E-state index contributed by atoms with van der Waals surface area (Å²) in [5.41, 5.74) is 0.725. The van der Waals surface area contributed by atoms with Crippen LogP contribution in [0.1, 0.15) is 37.3 Å². The van der Waals surface area contributed by atoms with Gasteiger partial charge < -0.3 is 15.2 Å². The molecule has 1 saturated heterocycles. The first kappa shape index (κ1) is 15.8. The molecule has 1 unspecified atom stereocenters. The van der Waals surface area contributed by atoms with Crippen LogP contribution in [0.25, 0.3) is 0 Å². The molecule has 6 heteroatoms. The van der Waals surface area contributed by atoms with Gasteiger partial charge >= 0.3 is 5.97 Å². The molecule has 21 heavy (non-hydrogen) atoms. The Kier molecular flexibility index (Phi) is 5.59. The third-order valence-electron chi connectivity index (χ3n) is 3.42. The van der Waals surface area contributed by atoms with E-state index < -0.39 is 12.0 Å². The standard InChI is InChI=1S/C15H18ClNO4/c16-11-5-3-10(4-6-11)13(9-15(19)20)17-14(18)8-12-2-1-7-21-12/h3-6,12-13H,1-2,7-9H2,(H,17,18)(H,19,20)/t12?,13-/m0/s1. The van der Waals surface area contributed by atoms with Gasteiger partial charge in [-0.2, -0.15) is 0 Å². The molecule has 2 N–H and O–H groups in total. The van der Waals surface area contributed by atoms with Gasteiger partial charge in [-0.05, 0) is 30.5 Å². The number of nitrogens with one attached hydrogen (secondary N) is 1. The minimum atomic E-state index is -0.965. The fourth-order valence-electron chi connectivity index (χ4n) is 2.39. The maximum atomic E-state index is 12.0. The highest BCUT2D eigenvalue weighted by atomic mass is 35.5. The van der Waals surface area contributed by atoms with Gasteiger partial charge in [-0.1, -0.05) is 23.7 Å². The quantitative estimate of drug-likeness (QED) is 0.846. The lowest BCUT2D eigenvalue weighted by atomic mass is 10.0. The van der Waals surface area contributed by atoms with Crippen LogP contribution in [0.3, 0.4) is 0 Å². The lowest BCUT2D eigenvalue weighted by Crippen LogP contribution is -2.32. The Morgan fingerprint density at radius 2 is 2.10 bits per heavy atom. The van der Waals surface area contributed by atoms with E-state index in [0.29, 0.717) is 11.6 Å². The van der Waals surface area contributed by atoms with Gasteiger partial charge in [0.15, 0.2) is 0 Å². The molecule has 0 radical (unpaired) electrons. The minimum Gasteiger partial charge on any atom is -0.481 e. The SMILES string of the molecule is O=C(O)C[C@H](NC(=O)CC1CCCO1)c1ccc(Cl)cc1. The Bertz CT molecular complexity index is 497. The van der Waals surface area contributed by atoms with Crippen molar-refractivity contribution in [3.05, 3.63) is 34.9 Å². The molecule has 1 aliphatic heterocycles. The average molecular weight is 312 g/mol. The van der Waals surface area contributed by atoms with Crippen LogP contribution in [-0.2, 0) is 14.3 Å². The summed E-state index contributed by atoms with van der Waals surface area (Å²) in [4.78, 5) is 23.0. The number of hydrogen-bond acceptors (Lipinski definition) is 3. The summed E-state index contributed by atoms with van der Waals surface area (Å²) >= 11 is 5.82. The van der Waals surface area contributed by atoms with Crippen LogP contribution in [0.2, 0.25) is 5.02 Å². The van der Waals surface area contributed by atoms with Gasteiger partial charge in [0.25, 0.3) is 0 Å². The number of carboxylic acids is 1. The van der Waals surface area contributed by atoms with Crippen LogP contribution in [0.15, 0.2) is 24.3 Å². The molecule has 1 heterocycles. The van der Waals surface area contributed by atoms with Crippen LogP contribution in [0.4, 0.5) is 0 Å². The Morgan fingerprint density at radius 3 is 2.67 bits per heavy atom.